The van der Waals surface area contributed by atoms with E-state index in [1.807, 2.05) is 0 Å². The zero-order valence-electron chi connectivity index (χ0n) is 10.8. The standard InChI is InChI=1S/C12H20N2O5/c15-7-9-2-1-3-13(6-9)12(18)14-4-5-19-8-10(14)11(16)17/h9-10,15H,1-8H2,(H,16,17). The van der Waals surface area contributed by atoms with Gasteiger partial charge in [-0.3, -0.25) is 0 Å². The van der Waals surface area contributed by atoms with Crippen LogP contribution in [0.3, 0.4) is 0 Å². The number of rotatable bonds is 2. The smallest absolute Gasteiger partial charge is 0.328 e. The monoisotopic (exact) mass is 272 g/mol. The lowest BCUT2D eigenvalue weighted by Crippen LogP contribution is -2.58. The highest BCUT2D eigenvalue weighted by Gasteiger charge is 2.36. The van der Waals surface area contributed by atoms with Gasteiger partial charge in [0.2, 0.25) is 0 Å². The van der Waals surface area contributed by atoms with Crippen LogP contribution in [0.4, 0.5) is 4.79 Å². The number of nitrogens with zero attached hydrogens (tertiary/aromatic N) is 2. The lowest BCUT2D eigenvalue weighted by Gasteiger charge is -2.39. The van der Waals surface area contributed by atoms with Crippen LogP contribution in [0.15, 0.2) is 0 Å². The molecule has 2 aliphatic rings. The summed E-state index contributed by atoms with van der Waals surface area (Å²) in [6, 6.07) is -1.16. The summed E-state index contributed by atoms with van der Waals surface area (Å²) < 4.78 is 5.12. The van der Waals surface area contributed by atoms with Crippen molar-refractivity contribution < 1.29 is 24.5 Å². The number of piperidine rings is 1. The first kappa shape index (κ1) is 14.1. The van der Waals surface area contributed by atoms with E-state index in [1.165, 1.54) is 4.90 Å². The molecule has 0 saturated carbocycles. The molecule has 2 amide bonds. The van der Waals surface area contributed by atoms with Crippen molar-refractivity contribution in [1.82, 2.24) is 9.80 Å². The topological polar surface area (TPSA) is 90.3 Å². The molecule has 2 fully saturated rings. The molecule has 0 aromatic rings. The molecular weight excluding hydrogens is 252 g/mol. The number of urea groups is 1. The lowest BCUT2D eigenvalue weighted by molar-refractivity contribution is -0.147. The zero-order valence-corrected chi connectivity index (χ0v) is 10.8. The molecule has 19 heavy (non-hydrogen) atoms. The number of aliphatic hydroxyl groups excluding tert-OH is 1. The van der Waals surface area contributed by atoms with Crippen LogP contribution in [0.5, 0.6) is 0 Å². The molecule has 0 bridgehead atoms. The maximum Gasteiger partial charge on any atom is 0.328 e. The van der Waals surface area contributed by atoms with Crippen LogP contribution < -0.4 is 0 Å². The van der Waals surface area contributed by atoms with Gasteiger partial charge in [0.25, 0.3) is 0 Å². The van der Waals surface area contributed by atoms with Crippen LogP contribution in [-0.4, -0.2) is 77.5 Å². The van der Waals surface area contributed by atoms with Gasteiger partial charge in [-0.25, -0.2) is 9.59 Å². The van der Waals surface area contributed by atoms with Crippen molar-refractivity contribution in [3.63, 3.8) is 0 Å². The van der Waals surface area contributed by atoms with Crippen LogP contribution in [-0.2, 0) is 9.53 Å². The van der Waals surface area contributed by atoms with Crippen molar-refractivity contribution in [1.29, 1.82) is 0 Å². The highest BCUT2D eigenvalue weighted by Crippen LogP contribution is 2.19. The summed E-state index contributed by atoms with van der Waals surface area (Å²) in [4.78, 5) is 26.5. The molecule has 0 radical (unpaired) electrons. The number of carbonyl (C=O) groups excluding carboxylic acids is 1. The second-order valence-corrected chi connectivity index (χ2v) is 5.04. The van der Waals surface area contributed by atoms with E-state index in [1.54, 1.807) is 4.90 Å². The van der Waals surface area contributed by atoms with Gasteiger partial charge in [0.1, 0.15) is 0 Å². The summed E-state index contributed by atoms with van der Waals surface area (Å²) >= 11 is 0. The number of hydrogen-bond acceptors (Lipinski definition) is 4. The fraction of sp³-hybridized carbons (Fsp3) is 0.833. The number of ether oxygens (including phenoxy) is 1. The van der Waals surface area contributed by atoms with Gasteiger partial charge >= 0.3 is 12.0 Å². The second kappa shape index (κ2) is 6.21. The van der Waals surface area contributed by atoms with E-state index in [-0.39, 0.29) is 25.2 Å². The van der Waals surface area contributed by atoms with Crippen LogP contribution >= 0.6 is 0 Å². The minimum Gasteiger partial charge on any atom is -0.480 e. The van der Waals surface area contributed by atoms with Crippen LogP contribution in [0.25, 0.3) is 0 Å². The van der Waals surface area contributed by atoms with Gasteiger partial charge < -0.3 is 24.7 Å². The molecule has 2 unspecified atom stereocenters. The van der Waals surface area contributed by atoms with E-state index in [9.17, 15) is 14.7 Å². The molecule has 2 heterocycles. The van der Waals surface area contributed by atoms with E-state index < -0.39 is 12.0 Å². The Morgan fingerprint density at radius 1 is 1.32 bits per heavy atom. The van der Waals surface area contributed by atoms with E-state index in [2.05, 4.69) is 0 Å². The van der Waals surface area contributed by atoms with Crippen molar-refractivity contribution >= 4 is 12.0 Å². The highest BCUT2D eigenvalue weighted by atomic mass is 16.5. The first-order valence-corrected chi connectivity index (χ1v) is 6.60. The number of amides is 2. The van der Waals surface area contributed by atoms with Crippen LogP contribution in [0, 0.1) is 5.92 Å². The third kappa shape index (κ3) is 3.16. The summed E-state index contributed by atoms with van der Waals surface area (Å²) in [5.41, 5.74) is 0. The zero-order chi connectivity index (χ0) is 13.8. The lowest BCUT2D eigenvalue weighted by atomic mass is 9.99. The Hall–Kier alpha value is -1.34. The third-order valence-electron chi connectivity index (χ3n) is 3.71. The molecule has 2 saturated heterocycles. The molecule has 2 aliphatic heterocycles. The molecule has 2 rings (SSSR count). The Kier molecular flexibility index (Phi) is 4.60. The molecule has 2 N–H and O–H groups in total. The van der Waals surface area contributed by atoms with Crippen molar-refractivity contribution in [3.05, 3.63) is 0 Å². The molecule has 2 atom stereocenters. The third-order valence-corrected chi connectivity index (χ3v) is 3.71. The number of hydrogen-bond donors (Lipinski definition) is 2. The Labute approximate surface area is 111 Å². The molecule has 108 valence electrons. The van der Waals surface area contributed by atoms with Gasteiger partial charge in [0.15, 0.2) is 6.04 Å². The molecule has 0 aromatic carbocycles. The summed E-state index contributed by atoms with van der Waals surface area (Å²) in [5, 5.41) is 18.3. The molecule has 0 aromatic heterocycles. The maximum absolute atomic E-state index is 12.4. The molecule has 0 aliphatic carbocycles. The largest absolute Gasteiger partial charge is 0.480 e. The van der Waals surface area contributed by atoms with E-state index in [0.717, 1.165) is 12.8 Å². The van der Waals surface area contributed by atoms with Crippen molar-refractivity contribution in [2.45, 2.75) is 18.9 Å². The summed E-state index contributed by atoms with van der Waals surface area (Å²) in [5.74, 6) is -0.939. The van der Waals surface area contributed by atoms with Gasteiger partial charge in [-0.15, -0.1) is 0 Å². The van der Waals surface area contributed by atoms with Crippen molar-refractivity contribution in [2.24, 2.45) is 5.92 Å². The normalized spacial score (nSPS) is 28.3. The number of carboxylic acids is 1. The van der Waals surface area contributed by atoms with Gasteiger partial charge in [-0.05, 0) is 18.8 Å². The minimum atomic E-state index is -1.04. The quantitative estimate of drug-likeness (QED) is 0.713. The minimum absolute atomic E-state index is 0.0400. The van der Waals surface area contributed by atoms with E-state index in [4.69, 9.17) is 9.84 Å². The molecule has 7 nitrogen and oxygen atoms in total. The predicted molar refractivity (Wildman–Crippen MR) is 65.7 cm³/mol. The molecule has 7 heteroatoms. The van der Waals surface area contributed by atoms with Gasteiger partial charge in [0.05, 0.1) is 13.2 Å². The fourth-order valence-electron chi connectivity index (χ4n) is 2.61. The Morgan fingerprint density at radius 2 is 2.11 bits per heavy atom. The summed E-state index contributed by atoms with van der Waals surface area (Å²) in [6.45, 7) is 1.90. The summed E-state index contributed by atoms with van der Waals surface area (Å²) in [6.07, 6.45) is 1.75. The number of aliphatic hydroxyl groups is 1. The van der Waals surface area contributed by atoms with Crippen LogP contribution in [0.1, 0.15) is 12.8 Å². The molecular formula is C12H20N2O5. The summed E-state index contributed by atoms with van der Waals surface area (Å²) in [7, 11) is 0. The number of carboxylic acid groups (broad SMARTS) is 1. The second-order valence-electron chi connectivity index (χ2n) is 5.04. The first-order chi connectivity index (χ1) is 9.13. The fourth-order valence-corrected chi connectivity index (χ4v) is 2.61. The van der Waals surface area contributed by atoms with Gasteiger partial charge in [-0.2, -0.15) is 0 Å². The van der Waals surface area contributed by atoms with Gasteiger partial charge in [-0.1, -0.05) is 0 Å². The highest BCUT2D eigenvalue weighted by molar-refractivity contribution is 5.83. The van der Waals surface area contributed by atoms with E-state index >= 15 is 0 Å². The molecule has 0 spiro atoms. The van der Waals surface area contributed by atoms with Gasteiger partial charge in [0, 0.05) is 26.2 Å². The Bertz CT molecular complexity index is 349. The SMILES string of the molecule is O=C(O)C1COCCN1C(=O)N1CCCC(CO)C1. The average molecular weight is 272 g/mol. The van der Waals surface area contributed by atoms with Crippen molar-refractivity contribution in [3.8, 4) is 0 Å². The number of morpholine rings is 1. The Morgan fingerprint density at radius 3 is 2.79 bits per heavy atom. The Balaban J connectivity index is 2.02. The van der Waals surface area contributed by atoms with Crippen molar-refractivity contribution in [2.75, 3.05) is 39.5 Å². The predicted octanol–water partition coefficient (Wildman–Crippen LogP) is -0.404. The number of aliphatic carboxylic acids is 1. The van der Waals surface area contributed by atoms with E-state index in [0.29, 0.717) is 26.2 Å². The average Bonchev–Trinajstić information content (AvgIpc) is 2.46. The number of carbonyl (C=O) groups is 2. The van der Waals surface area contributed by atoms with Crippen LogP contribution in [0.2, 0.25) is 0 Å². The first-order valence-electron chi connectivity index (χ1n) is 6.60. The maximum atomic E-state index is 12.4. The number of likely N-dealkylation sites (tertiary alicyclic amines) is 1.